The van der Waals surface area contributed by atoms with Gasteiger partial charge in [0.15, 0.2) is 0 Å². The van der Waals surface area contributed by atoms with E-state index in [1.807, 2.05) is 0 Å². The first kappa shape index (κ1) is 29.4. The fraction of sp³-hybridized carbons (Fsp3) is 0.714. The second kappa shape index (κ2) is 28.6. The molecule has 0 aliphatic heterocycles. The number of aliphatic carboxylic acids is 2. The van der Waals surface area contributed by atoms with Crippen LogP contribution in [0, 0.1) is 12.8 Å². The van der Waals surface area contributed by atoms with E-state index in [4.69, 9.17) is 0 Å². The summed E-state index contributed by atoms with van der Waals surface area (Å²) in [5.74, 6) is -1.27. The molecule has 0 aromatic rings. The summed E-state index contributed by atoms with van der Waals surface area (Å²) in [5, 5.41) is 19.8. The zero-order valence-corrected chi connectivity index (χ0v) is 17.8. The Morgan fingerprint density at radius 2 is 1.10 bits per heavy atom. The molecule has 0 bridgehead atoms. The fourth-order valence-corrected chi connectivity index (χ4v) is 2.31. The van der Waals surface area contributed by atoms with Gasteiger partial charge in [0.25, 0.3) is 0 Å². The minimum absolute atomic E-state index is 0. The standard InChI is InChI=1S/C6H10O4S2.2C4H9.Sn/c7-5(8)1-3-11-12-4-2-6(9)10;2*1-3-4-2;/h1-4H2,(H,7,8)(H,9,10);2*3H,4H2,1-2H3;/q;;;+2/p-2. The van der Waals surface area contributed by atoms with Crippen LogP contribution in [0.15, 0.2) is 0 Å². The van der Waals surface area contributed by atoms with Crippen molar-refractivity contribution in [3.05, 3.63) is 12.8 Å². The Balaban J connectivity index is -0.000000134. The third-order valence-electron chi connectivity index (χ3n) is 1.68. The number of hydrogen-bond donors (Lipinski definition) is 0. The summed E-state index contributed by atoms with van der Waals surface area (Å²) in [7, 11) is 2.66. The van der Waals surface area contributed by atoms with Gasteiger partial charge in [-0.2, -0.15) is 0 Å². The first-order valence-corrected chi connectivity index (χ1v) is 9.14. The minimum atomic E-state index is -1.08. The Hall–Kier alpha value is 0.439. The number of carbonyl (C=O) groups excluding carboxylic acids is 2. The van der Waals surface area contributed by atoms with Gasteiger partial charge in [0.05, 0.1) is 0 Å². The summed E-state index contributed by atoms with van der Waals surface area (Å²) in [5.41, 5.74) is 0. The van der Waals surface area contributed by atoms with Crippen molar-refractivity contribution in [3.8, 4) is 0 Å². The van der Waals surface area contributed by atoms with E-state index in [0.717, 1.165) is 0 Å². The molecule has 21 heavy (non-hydrogen) atoms. The van der Waals surface area contributed by atoms with Crippen molar-refractivity contribution in [1.29, 1.82) is 0 Å². The molecule has 4 nitrogen and oxygen atoms in total. The van der Waals surface area contributed by atoms with E-state index in [1.165, 1.54) is 34.4 Å². The van der Waals surface area contributed by atoms with Gasteiger partial charge in [-0.05, 0) is 25.7 Å². The molecule has 0 spiro atoms. The van der Waals surface area contributed by atoms with Gasteiger partial charge in [-0.15, -0.1) is 0 Å². The summed E-state index contributed by atoms with van der Waals surface area (Å²) >= 11 is 0. The molecule has 0 fully saturated rings. The summed E-state index contributed by atoms with van der Waals surface area (Å²) < 4.78 is 0. The Bertz CT molecular complexity index is 191. The average molecular weight is 441 g/mol. The van der Waals surface area contributed by atoms with Crippen LogP contribution >= 0.6 is 21.6 Å². The van der Waals surface area contributed by atoms with E-state index in [0.29, 0.717) is 11.5 Å². The van der Waals surface area contributed by atoms with Gasteiger partial charge in [0, 0.05) is 23.4 Å². The van der Waals surface area contributed by atoms with Crippen LogP contribution in [0.5, 0.6) is 0 Å². The van der Waals surface area contributed by atoms with Gasteiger partial charge in [-0.25, -0.2) is 0 Å². The topological polar surface area (TPSA) is 80.3 Å². The predicted octanol–water partition coefficient (Wildman–Crippen LogP) is 1.51. The van der Waals surface area contributed by atoms with Gasteiger partial charge >= 0.3 is 23.9 Å². The number of carbonyl (C=O) groups is 2. The van der Waals surface area contributed by atoms with Gasteiger partial charge in [-0.1, -0.05) is 62.1 Å². The van der Waals surface area contributed by atoms with Crippen molar-refractivity contribution in [2.75, 3.05) is 11.5 Å². The predicted molar refractivity (Wildman–Crippen MR) is 90.4 cm³/mol. The second-order valence-electron chi connectivity index (χ2n) is 3.52. The first-order valence-electron chi connectivity index (χ1n) is 6.65. The van der Waals surface area contributed by atoms with E-state index in [9.17, 15) is 19.8 Å². The van der Waals surface area contributed by atoms with Crippen LogP contribution in [-0.4, -0.2) is 47.4 Å². The molecule has 7 heteroatoms. The van der Waals surface area contributed by atoms with Crippen molar-refractivity contribution < 1.29 is 19.8 Å². The Morgan fingerprint density at radius 3 is 1.24 bits per heavy atom. The number of unbranched alkanes of at least 4 members (excludes halogenated alkanes) is 2. The van der Waals surface area contributed by atoms with Crippen molar-refractivity contribution in [3.63, 3.8) is 0 Å². The van der Waals surface area contributed by atoms with E-state index < -0.39 is 11.9 Å². The van der Waals surface area contributed by atoms with Gasteiger partial charge in [0.1, 0.15) is 0 Å². The van der Waals surface area contributed by atoms with Crippen LogP contribution in [0.2, 0.25) is 0 Å². The molecular formula is C14H26O4S2Sn. The number of carboxylic acid groups (broad SMARTS) is 2. The SMILES string of the molecule is C[CH]CC.C[CH]CC.O=C([O-])CCSSCCC(=O)[O-].[Sn+2]. The molecule has 0 aromatic heterocycles. The van der Waals surface area contributed by atoms with Crippen LogP contribution in [0.4, 0.5) is 0 Å². The average Bonchev–Trinajstić information content (AvgIpc) is 2.42. The second-order valence-corrected chi connectivity index (χ2v) is 6.22. The Labute approximate surface area is 154 Å². The maximum atomic E-state index is 9.90. The molecule has 0 rings (SSSR count). The largest absolute Gasteiger partial charge is 2.00 e. The van der Waals surface area contributed by atoms with Crippen LogP contribution in [-0.2, 0) is 9.59 Å². The molecule has 0 aliphatic rings. The van der Waals surface area contributed by atoms with E-state index in [2.05, 4.69) is 40.5 Å². The van der Waals surface area contributed by atoms with E-state index in [-0.39, 0.29) is 36.7 Å². The molecular weight excluding hydrogens is 415 g/mol. The monoisotopic (exact) mass is 442 g/mol. The van der Waals surface area contributed by atoms with Gasteiger partial charge < -0.3 is 19.8 Å². The number of carboxylic acids is 2. The molecule has 0 atom stereocenters. The quantitative estimate of drug-likeness (QED) is 0.307. The molecule has 0 heterocycles. The first-order chi connectivity index (χ1) is 9.45. The van der Waals surface area contributed by atoms with Crippen molar-refractivity contribution in [2.24, 2.45) is 0 Å². The van der Waals surface area contributed by atoms with Crippen LogP contribution in [0.25, 0.3) is 0 Å². The molecule has 0 N–H and O–H groups in total. The molecule has 0 aliphatic carbocycles. The molecule has 0 amide bonds. The zero-order valence-electron chi connectivity index (χ0n) is 13.3. The summed E-state index contributed by atoms with van der Waals surface area (Å²) in [6.07, 6.45) is 6.64. The van der Waals surface area contributed by atoms with Crippen LogP contribution < -0.4 is 10.2 Å². The van der Waals surface area contributed by atoms with Crippen molar-refractivity contribution >= 4 is 57.4 Å². The van der Waals surface area contributed by atoms with Crippen LogP contribution in [0.3, 0.4) is 0 Å². The molecule has 0 aromatic carbocycles. The summed E-state index contributed by atoms with van der Waals surface area (Å²) in [4.78, 5) is 19.8. The third-order valence-corrected chi connectivity index (χ3v) is 4.09. The van der Waals surface area contributed by atoms with Gasteiger partial charge in [0.2, 0.25) is 0 Å². The number of rotatable bonds is 9. The summed E-state index contributed by atoms with van der Waals surface area (Å²) in [6, 6.07) is 0. The van der Waals surface area contributed by atoms with Crippen LogP contribution in [0.1, 0.15) is 53.4 Å². The van der Waals surface area contributed by atoms with Crippen molar-refractivity contribution in [2.45, 2.75) is 53.4 Å². The maximum absolute atomic E-state index is 9.90. The normalized spacial score (nSPS) is 8.38. The molecule has 0 unspecified atom stereocenters. The fourth-order valence-electron chi connectivity index (χ4n) is 0.368. The van der Waals surface area contributed by atoms with E-state index in [1.54, 1.807) is 0 Å². The minimum Gasteiger partial charge on any atom is -0.550 e. The smallest absolute Gasteiger partial charge is 0.550 e. The Kier molecular flexibility index (Phi) is 40.1. The number of hydrogen-bond acceptors (Lipinski definition) is 6. The summed E-state index contributed by atoms with van der Waals surface area (Å²) in [6.45, 7) is 8.36. The maximum Gasteiger partial charge on any atom is 2.00 e. The van der Waals surface area contributed by atoms with Gasteiger partial charge in [-0.3, -0.25) is 0 Å². The van der Waals surface area contributed by atoms with E-state index >= 15 is 0 Å². The zero-order chi connectivity index (χ0) is 16.2. The third kappa shape index (κ3) is 53.1. The molecule has 122 valence electrons. The van der Waals surface area contributed by atoms with Crippen molar-refractivity contribution in [1.82, 2.24) is 0 Å². The molecule has 4 radical (unpaired) electrons. The molecule has 0 saturated carbocycles. The Morgan fingerprint density at radius 1 is 0.857 bits per heavy atom. The molecule has 0 saturated heterocycles.